The highest BCUT2D eigenvalue weighted by atomic mass is 32.2. The van der Waals surface area contributed by atoms with Gasteiger partial charge >= 0.3 is 0 Å². The third-order valence-corrected chi connectivity index (χ3v) is 10.9. The number of anilines is 1. The van der Waals surface area contributed by atoms with E-state index in [1.807, 2.05) is 0 Å². The second-order valence-corrected chi connectivity index (χ2v) is 13.6. The largest absolute Gasteiger partial charge is 0.355 e. The van der Waals surface area contributed by atoms with E-state index in [9.17, 15) is 18.0 Å². The number of thioether (sulfide) groups is 1. The number of amides is 2. The average molecular weight is 571 g/mol. The van der Waals surface area contributed by atoms with Crippen LogP contribution < -0.4 is 10.2 Å². The van der Waals surface area contributed by atoms with Crippen molar-refractivity contribution in [1.29, 1.82) is 0 Å². The highest BCUT2D eigenvalue weighted by Gasteiger charge is 2.31. The van der Waals surface area contributed by atoms with E-state index in [-0.39, 0.29) is 29.0 Å². The van der Waals surface area contributed by atoms with Gasteiger partial charge in [0.25, 0.3) is 0 Å². The number of hydrogen-bond donors (Lipinski definition) is 1. The van der Waals surface area contributed by atoms with Crippen molar-refractivity contribution in [2.24, 2.45) is 5.92 Å². The zero-order chi connectivity index (χ0) is 27.2. The van der Waals surface area contributed by atoms with Crippen LogP contribution in [-0.4, -0.2) is 81.0 Å². The highest BCUT2D eigenvalue weighted by molar-refractivity contribution is 8.00. The molecule has 0 saturated carbocycles. The molecule has 0 unspecified atom stereocenters. The summed E-state index contributed by atoms with van der Waals surface area (Å²) in [6, 6.07) is 15.6. The molecular formula is C29H38N4O4S2. The van der Waals surface area contributed by atoms with E-state index in [1.165, 1.54) is 39.4 Å². The van der Waals surface area contributed by atoms with Crippen LogP contribution in [0.2, 0.25) is 0 Å². The van der Waals surface area contributed by atoms with Gasteiger partial charge in [-0.3, -0.25) is 9.59 Å². The van der Waals surface area contributed by atoms with Crippen LogP contribution in [-0.2, 0) is 26.0 Å². The third-order valence-electron chi connectivity index (χ3n) is 7.93. The van der Waals surface area contributed by atoms with Crippen LogP contribution in [0, 0.1) is 5.92 Å². The summed E-state index contributed by atoms with van der Waals surface area (Å²) in [6.07, 6.45) is 6.12. The van der Waals surface area contributed by atoms with Gasteiger partial charge in [0.05, 0.1) is 16.3 Å². The fourth-order valence-electron chi connectivity index (χ4n) is 5.68. The Hall–Kier alpha value is -2.40. The summed E-state index contributed by atoms with van der Waals surface area (Å²) in [5.41, 5.74) is 1.92. The lowest BCUT2D eigenvalue weighted by molar-refractivity contribution is -0.123. The Balaban J connectivity index is 1.09. The molecule has 0 bridgehead atoms. The lowest BCUT2D eigenvalue weighted by Gasteiger charge is -2.32. The minimum absolute atomic E-state index is 0.107. The van der Waals surface area contributed by atoms with Gasteiger partial charge in [0, 0.05) is 24.5 Å². The van der Waals surface area contributed by atoms with Gasteiger partial charge in [0.2, 0.25) is 21.8 Å². The summed E-state index contributed by atoms with van der Waals surface area (Å²) in [5, 5.41) is 2.96. The number of carbonyl (C=O) groups excluding carboxylic acids is 2. The molecule has 0 radical (unpaired) electrons. The predicted octanol–water partition coefficient (Wildman–Crippen LogP) is 3.37. The first-order valence-corrected chi connectivity index (χ1v) is 16.4. The number of hydrogen-bond acceptors (Lipinski definition) is 6. The number of carbonyl (C=O) groups is 2. The summed E-state index contributed by atoms with van der Waals surface area (Å²) in [4.78, 5) is 30.4. The van der Waals surface area contributed by atoms with Crippen molar-refractivity contribution in [2.45, 2.75) is 48.3 Å². The Morgan fingerprint density at radius 1 is 1.00 bits per heavy atom. The molecule has 10 heteroatoms. The van der Waals surface area contributed by atoms with Gasteiger partial charge in [-0.1, -0.05) is 30.3 Å². The molecule has 2 aromatic carbocycles. The molecule has 39 heavy (non-hydrogen) atoms. The molecular weight excluding hydrogens is 532 g/mol. The first-order valence-electron chi connectivity index (χ1n) is 14.0. The van der Waals surface area contributed by atoms with Gasteiger partial charge < -0.3 is 15.1 Å². The van der Waals surface area contributed by atoms with Crippen LogP contribution >= 0.6 is 11.8 Å². The monoisotopic (exact) mass is 570 g/mol. The average Bonchev–Trinajstić information content (AvgIpc) is 3.50. The quantitative estimate of drug-likeness (QED) is 0.441. The van der Waals surface area contributed by atoms with Crippen LogP contribution in [0.3, 0.4) is 0 Å². The van der Waals surface area contributed by atoms with Crippen LogP contribution in [0.25, 0.3) is 0 Å². The van der Waals surface area contributed by atoms with E-state index < -0.39 is 10.0 Å². The first kappa shape index (κ1) is 28.1. The van der Waals surface area contributed by atoms with Crippen molar-refractivity contribution in [1.82, 2.24) is 14.5 Å². The molecule has 2 saturated heterocycles. The minimum atomic E-state index is -3.61. The normalized spacial score (nSPS) is 19.3. The fourth-order valence-corrected chi connectivity index (χ4v) is 8.14. The molecule has 2 fully saturated rings. The molecule has 5 rings (SSSR count). The van der Waals surface area contributed by atoms with Crippen LogP contribution in [0.5, 0.6) is 0 Å². The van der Waals surface area contributed by atoms with Gasteiger partial charge in [-0.05, 0) is 87.8 Å². The predicted molar refractivity (Wildman–Crippen MR) is 154 cm³/mol. The van der Waals surface area contributed by atoms with Gasteiger partial charge in [-0.25, -0.2) is 8.42 Å². The van der Waals surface area contributed by atoms with Crippen molar-refractivity contribution < 1.29 is 18.0 Å². The standard InChI is InChI=1S/C29H38N4O4S2/c34-28(30-13-6-14-31-17-11-24(12-18-31)19-23-7-2-1-3-8-23)21-33-26-20-25(9-10-27(26)38-22-29(33)35)39(36,37)32-15-4-5-16-32/h1-3,7-10,20,24H,4-6,11-19,21-22H2,(H,30,34). The Kier molecular flexibility index (Phi) is 9.27. The summed E-state index contributed by atoms with van der Waals surface area (Å²) in [7, 11) is -3.61. The number of piperidine rings is 1. The smallest absolute Gasteiger partial charge is 0.243 e. The maximum atomic E-state index is 13.1. The summed E-state index contributed by atoms with van der Waals surface area (Å²) < 4.78 is 27.6. The van der Waals surface area contributed by atoms with Crippen LogP contribution in [0.4, 0.5) is 5.69 Å². The Labute approximate surface area is 236 Å². The number of sulfonamides is 1. The highest BCUT2D eigenvalue weighted by Crippen LogP contribution is 2.37. The first-order chi connectivity index (χ1) is 18.9. The number of fused-ring (bicyclic) bond motifs is 1. The van der Waals surface area contributed by atoms with Gasteiger partial charge in [0.15, 0.2) is 0 Å². The second-order valence-electron chi connectivity index (χ2n) is 10.7. The van der Waals surface area contributed by atoms with Crippen LogP contribution in [0.1, 0.15) is 37.7 Å². The van der Waals surface area contributed by atoms with Crippen molar-refractivity contribution >= 4 is 39.3 Å². The van der Waals surface area contributed by atoms with Crippen LogP contribution in [0.15, 0.2) is 58.3 Å². The van der Waals surface area contributed by atoms with Crippen molar-refractivity contribution in [3.8, 4) is 0 Å². The molecule has 2 amide bonds. The summed E-state index contributed by atoms with van der Waals surface area (Å²) in [6.45, 7) is 4.60. The molecule has 8 nitrogen and oxygen atoms in total. The molecule has 0 atom stereocenters. The van der Waals surface area contributed by atoms with Crippen molar-refractivity contribution in [2.75, 3.05) is 56.5 Å². The number of likely N-dealkylation sites (tertiary alicyclic amines) is 1. The molecule has 210 valence electrons. The topological polar surface area (TPSA) is 90.0 Å². The zero-order valence-corrected chi connectivity index (χ0v) is 24.0. The molecule has 0 aromatic heterocycles. The zero-order valence-electron chi connectivity index (χ0n) is 22.4. The summed E-state index contributed by atoms with van der Waals surface area (Å²) in [5.74, 6) is 0.559. The maximum Gasteiger partial charge on any atom is 0.243 e. The Morgan fingerprint density at radius 2 is 1.74 bits per heavy atom. The van der Waals surface area contributed by atoms with E-state index in [1.54, 1.807) is 18.2 Å². The SMILES string of the molecule is O=C(CN1C(=O)CSc2ccc(S(=O)(=O)N3CCCC3)cc21)NCCCN1CCC(Cc2ccccc2)CC1. The number of nitrogens with zero attached hydrogens (tertiary/aromatic N) is 3. The molecule has 0 spiro atoms. The third kappa shape index (κ3) is 7.03. The lowest BCUT2D eigenvalue weighted by Crippen LogP contribution is -2.44. The van der Waals surface area contributed by atoms with E-state index in [0.29, 0.717) is 25.3 Å². The number of nitrogens with one attached hydrogen (secondary N) is 1. The minimum Gasteiger partial charge on any atom is -0.355 e. The van der Waals surface area contributed by atoms with E-state index in [2.05, 4.69) is 40.5 Å². The van der Waals surface area contributed by atoms with E-state index in [0.717, 1.165) is 56.1 Å². The van der Waals surface area contributed by atoms with Gasteiger partial charge in [-0.2, -0.15) is 4.31 Å². The molecule has 0 aliphatic carbocycles. The number of rotatable bonds is 10. The van der Waals surface area contributed by atoms with Crippen molar-refractivity contribution in [3.05, 3.63) is 54.1 Å². The molecule has 1 N–H and O–H groups in total. The lowest BCUT2D eigenvalue weighted by atomic mass is 9.90. The Morgan fingerprint density at radius 3 is 2.49 bits per heavy atom. The molecule has 3 aliphatic heterocycles. The maximum absolute atomic E-state index is 13.1. The van der Waals surface area contributed by atoms with Crippen molar-refractivity contribution in [3.63, 3.8) is 0 Å². The fraction of sp³-hybridized carbons (Fsp3) is 0.517. The molecule has 2 aromatic rings. The molecule has 3 heterocycles. The van der Waals surface area contributed by atoms with Gasteiger partial charge in [-0.15, -0.1) is 11.8 Å². The summed E-state index contributed by atoms with van der Waals surface area (Å²) >= 11 is 1.38. The van der Waals surface area contributed by atoms with Gasteiger partial charge in [0.1, 0.15) is 6.54 Å². The van der Waals surface area contributed by atoms with E-state index >= 15 is 0 Å². The number of benzene rings is 2. The second kappa shape index (κ2) is 12.8. The Bertz CT molecular complexity index is 1260. The molecule has 3 aliphatic rings. The van der Waals surface area contributed by atoms with E-state index in [4.69, 9.17) is 0 Å².